The molecule has 0 bridgehead atoms. The largest absolute Gasteiger partial charge is 0.504 e. The highest BCUT2D eigenvalue weighted by molar-refractivity contribution is 7.07. The van der Waals surface area contributed by atoms with E-state index in [1.807, 2.05) is 0 Å². The number of aromatic nitrogens is 1. The molecule has 0 spiro atoms. The first-order valence-corrected chi connectivity index (χ1v) is 5.21. The van der Waals surface area contributed by atoms with E-state index >= 15 is 0 Å². The number of benzene rings is 1. The SMILES string of the molecule is O=C(c1cc(O)c(O)c(O)c1)c1cscn1. The maximum Gasteiger partial charge on any atom is 0.212 e. The molecule has 0 aliphatic rings. The fourth-order valence-electron chi connectivity index (χ4n) is 1.21. The standard InChI is InChI=1S/C10H7NO4S/c12-7-1-5(2-8(13)10(7)15)9(14)6-3-16-4-11-6/h1-4,12-13,15H. The quantitative estimate of drug-likeness (QED) is 0.543. The van der Waals surface area contributed by atoms with Crippen LogP contribution in [-0.4, -0.2) is 26.1 Å². The zero-order valence-electron chi connectivity index (χ0n) is 7.91. The molecule has 0 saturated carbocycles. The number of ketones is 1. The third-order valence-corrected chi connectivity index (χ3v) is 2.58. The van der Waals surface area contributed by atoms with Crippen LogP contribution in [-0.2, 0) is 0 Å². The van der Waals surface area contributed by atoms with Crippen LogP contribution in [0.15, 0.2) is 23.0 Å². The van der Waals surface area contributed by atoms with E-state index in [0.29, 0.717) is 0 Å². The van der Waals surface area contributed by atoms with Crippen LogP contribution in [0.4, 0.5) is 0 Å². The first-order valence-electron chi connectivity index (χ1n) is 4.27. The number of phenols is 3. The van der Waals surface area contributed by atoms with E-state index in [4.69, 9.17) is 5.11 Å². The molecule has 0 atom stereocenters. The molecule has 0 amide bonds. The average molecular weight is 237 g/mol. The molecule has 2 rings (SSSR count). The molecule has 82 valence electrons. The summed E-state index contributed by atoms with van der Waals surface area (Å²) < 4.78 is 0. The van der Waals surface area contributed by atoms with Crippen molar-refractivity contribution in [1.29, 1.82) is 0 Å². The Hall–Kier alpha value is -2.08. The van der Waals surface area contributed by atoms with Crippen LogP contribution in [0, 0.1) is 0 Å². The molecule has 1 heterocycles. The van der Waals surface area contributed by atoms with Gasteiger partial charge in [-0.2, -0.15) is 0 Å². The number of rotatable bonds is 2. The van der Waals surface area contributed by atoms with Crippen molar-refractivity contribution in [2.24, 2.45) is 0 Å². The molecule has 6 heteroatoms. The van der Waals surface area contributed by atoms with Gasteiger partial charge in [0.1, 0.15) is 5.69 Å². The van der Waals surface area contributed by atoms with Crippen molar-refractivity contribution in [3.8, 4) is 17.2 Å². The van der Waals surface area contributed by atoms with Gasteiger partial charge in [-0.15, -0.1) is 11.3 Å². The number of hydrogen-bond donors (Lipinski definition) is 3. The third kappa shape index (κ3) is 1.70. The monoisotopic (exact) mass is 237 g/mol. The number of carbonyl (C=O) groups excluding carboxylic acids is 1. The van der Waals surface area contributed by atoms with Gasteiger partial charge in [0.2, 0.25) is 5.78 Å². The predicted molar refractivity (Wildman–Crippen MR) is 57.0 cm³/mol. The molecule has 3 N–H and O–H groups in total. The van der Waals surface area contributed by atoms with Gasteiger partial charge in [-0.1, -0.05) is 0 Å². The van der Waals surface area contributed by atoms with Crippen LogP contribution >= 0.6 is 11.3 Å². The molecular formula is C10H7NO4S. The Morgan fingerprint density at radius 2 is 1.81 bits per heavy atom. The Kier molecular flexibility index (Phi) is 2.49. The molecule has 1 aromatic heterocycles. The van der Waals surface area contributed by atoms with Crippen LogP contribution in [0.3, 0.4) is 0 Å². The van der Waals surface area contributed by atoms with Gasteiger partial charge in [0.05, 0.1) is 5.51 Å². The van der Waals surface area contributed by atoms with Crippen molar-refractivity contribution in [3.05, 3.63) is 34.3 Å². The Bertz CT molecular complexity index is 513. The molecule has 0 aliphatic heterocycles. The topological polar surface area (TPSA) is 90.7 Å². The smallest absolute Gasteiger partial charge is 0.212 e. The van der Waals surface area contributed by atoms with Crippen LogP contribution in [0.5, 0.6) is 17.2 Å². The zero-order chi connectivity index (χ0) is 11.7. The second-order valence-corrected chi connectivity index (χ2v) is 3.78. The lowest BCUT2D eigenvalue weighted by atomic mass is 10.1. The van der Waals surface area contributed by atoms with Gasteiger partial charge in [0, 0.05) is 10.9 Å². The lowest BCUT2D eigenvalue weighted by Crippen LogP contribution is -2.01. The molecule has 0 fully saturated rings. The maximum atomic E-state index is 11.8. The summed E-state index contributed by atoms with van der Waals surface area (Å²) in [5.74, 6) is -2.15. The molecule has 16 heavy (non-hydrogen) atoms. The lowest BCUT2D eigenvalue weighted by molar-refractivity contribution is 0.103. The summed E-state index contributed by atoms with van der Waals surface area (Å²) in [6, 6.07) is 2.16. The molecule has 0 aliphatic carbocycles. The third-order valence-electron chi connectivity index (χ3n) is 2.00. The molecular weight excluding hydrogens is 230 g/mol. The van der Waals surface area contributed by atoms with Crippen molar-refractivity contribution in [2.45, 2.75) is 0 Å². The summed E-state index contributed by atoms with van der Waals surface area (Å²) in [4.78, 5) is 15.6. The minimum atomic E-state index is -0.644. The molecule has 0 radical (unpaired) electrons. The zero-order valence-corrected chi connectivity index (χ0v) is 8.73. The second kappa shape index (κ2) is 3.82. The van der Waals surface area contributed by atoms with Crippen LogP contribution in [0.25, 0.3) is 0 Å². The van der Waals surface area contributed by atoms with Crippen molar-refractivity contribution in [2.75, 3.05) is 0 Å². The van der Waals surface area contributed by atoms with Crippen molar-refractivity contribution in [3.63, 3.8) is 0 Å². The highest BCUT2D eigenvalue weighted by Crippen LogP contribution is 2.35. The van der Waals surface area contributed by atoms with Crippen LogP contribution in [0.1, 0.15) is 16.1 Å². The number of phenolic OH excluding ortho intramolecular Hbond substituents is 3. The molecule has 1 aromatic carbocycles. The van der Waals surface area contributed by atoms with E-state index in [9.17, 15) is 15.0 Å². The highest BCUT2D eigenvalue weighted by atomic mass is 32.1. The van der Waals surface area contributed by atoms with E-state index < -0.39 is 23.0 Å². The van der Waals surface area contributed by atoms with Crippen LogP contribution < -0.4 is 0 Å². The Morgan fingerprint density at radius 3 is 2.31 bits per heavy atom. The second-order valence-electron chi connectivity index (χ2n) is 3.07. The molecule has 0 saturated heterocycles. The predicted octanol–water partition coefficient (Wildman–Crippen LogP) is 1.49. The van der Waals surface area contributed by atoms with Gasteiger partial charge >= 0.3 is 0 Å². The first kappa shape index (κ1) is 10.4. The van der Waals surface area contributed by atoms with Crippen molar-refractivity contribution in [1.82, 2.24) is 4.98 Å². The maximum absolute atomic E-state index is 11.8. The Balaban J connectivity index is 2.46. The normalized spacial score (nSPS) is 10.2. The van der Waals surface area contributed by atoms with Crippen LogP contribution in [0.2, 0.25) is 0 Å². The van der Waals surface area contributed by atoms with E-state index in [-0.39, 0.29) is 11.3 Å². The summed E-state index contributed by atoms with van der Waals surface area (Å²) in [5, 5.41) is 29.2. The Labute approximate surface area is 94.3 Å². The fraction of sp³-hybridized carbons (Fsp3) is 0. The minimum Gasteiger partial charge on any atom is -0.504 e. The molecule has 2 aromatic rings. The number of hydrogen-bond acceptors (Lipinski definition) is 6. The lowest BCUT2D eigenvalue weighted by Gasteiger charge is -2.03. The van der Waals surface area contributed by atoms with Gasteiger partial charge in [0.25, 0.3) is 0 Å². The highest BCUT2D eigenvalue weighted by Gasteiger charge is 2.16. The van der Waals surface area contributed by atoms with E-state index in [1.54, 1.807) is 5.38 Å². The summed E-state index contributed by atoms with van der Waals surface area (Å²) in [6.07, 6.45) is 0. The average Bonchev–Trinajstić information content (AvgIpc) is 2.77. The van der Waals surface area contributed by atoms with E-state index in [2.05, 4.69) is 4.98 Å². The first-order chi connectivity index (χ1) is 7.59. The number of carbonyl (C=O) groups is 1. The van der Waals surface area contributed by atoms with E-state index in [1.165, 1.54) is 16.8 Å². The summed E-state index contributed by atoms with van der Waals surface area (Å²) in [6.45, 7) is 0. The van der Waals surface area contributed by atoms with E-state index in [0.717, 1.165) is 12.1 Å². The summed E-state index contributed by atoms with van der Waals surface area (Å²) in [7, 11) is 0. The van der Waals surface area contributed by atoms with Gasteiger partial charge in [-0.3, -0.25) is 4.79 Å². The molecule has 5 nitrogen and oxygen atoms in total. The minimum absolute atomic E-state index is 0.0682. The van der Waals surface area contributed by atoms with Gasteiger partial charge < -0.3 is 15.3 Å². The Morgan fingerprint density at radius 1 is 1.19 bits per heavy atom. The summed E-state index contributed by atoms with van der Waals surface area (Å²) >= 11 is 1.27. The number of thiazole rings is 1. The van der Waals surface area contributed by atoms with Crippen molar-refractivity contribution >= 4 is 17.1 Å². The van der Waals surface area contributed by atoms with Crippen molar-refractivity contribution < 1.29 is 20.1 Å². The number of nitrogens with zero attached hydrogens (tertiary/aromatic N) is 1. The fourth-order valence-corrected chi connectivity index (χ4v) is 1.74. The van der Waals surface area contributed by atoms with Gasteiger partial charge in [-0.25, -0.2) is 4.98 Å². The van der Waals surface area contributed by atoms with Gasteiger partial charge in [-0.05, 0) is 12.1 Å². The number of aromatic hydroxyl groups is 3. The van der Waals surface area contributed by atoms with Gasteiger partial charge in [0.15, 0.2) is 17.2 Å². The molecule has 0 unspecified atom stereocenters. The summed E-state index contributed by atoms with van der Waals surface area (Å²) in [5.41, 5.74) is 1.81.